The average Bonchev–Trinajstić information content (AvgIpc) is 2.69. The van der Waals surface area contributed by atoms with Crippen LogP contribution in [-0.2, 0) is 4.79 Å². The van der Waals surface area contributed by atoms with Crippen molar-refractivity contribution in [1.82, 2.24) is 10.6 Å². The lowest BCUT2D eigenvalue weighted by molar-refractivity contribution is -0.122. The van der Waals surface area contributed by atoms with E-state index in [0.29, 0.717) is 24.0 Å². The number of nitrogens with one attached hydrogen (secondary N) is 2. The van der Waals surface area contributed by atoms with Gasteiger partial charge in [-0.05, 0) is 56.5 Å². The number of carbonyl (C=O) groups is 1. The lowest BCUT2D eigenvalue weighted by Gasteiger charge is -2.29. The first-order chi connectivity index (χ1) is 9.17. The zero-order valence-corrected chi connectivity index (χ0v) is 13.1. The molecule has 0 saturated carbocycles. The molecule has 2 heterocycles. The number of rotatable bonds is 7. The van der Waals surface area contributed by atoms with Crippen molar-refractivity contribution < 1.29 is 4.79 Å². The molecule has 0 aromatic rings. The van der Waals surface area contributed by atoms with Crippen LogP contribution in [0.1, 0.15) is 52.4 Å². The number of amides is 1. The van der Waals surface area contributed by atoms with E-state index in [1.807, 2.05) is 11.8 Å². The van der Waals surface area contributed by atoms with Gasteiger partial charge in [0.2, 0.25) is 5.91 Å². The summed E-state index contributed by atoms with van der Waals surface area (Å²) in [6, 6.07) is 1.70. The highest BCUT2D eigenvalue weighted by molar-refractivity contribution is 7.99. The quantitative estimate of drug-likeness (QED) is 0.706. The Morgan fingerprint density at radius 3 is 2.68 bits per heavy atom. The number of piperidine rings is 1. The molecular formula is C15H28N2OS. The SMILES string of the molecule is CCSCCC(C)NC(=O)CC1CC2CCC(C1)N2. The Kier molecular flexibility index (Phi) is 6.02. The van der Waals surface area contributed by atoms with Gasteiger partial charge in [0.25, 0.3) is 0 Å². The van der Waals surface area contributed by atoms with E-state index >= 15 is 0 Å². The molecule has 0 aromatic heterocycles. The predicted octanol–water partition coefficient (Wildman–Crippen LogP) is 2.55. The molecule has 3 atom stereocenters. The van der Waals surface area contributed by atoms with Crippen LogP contribution in [0.15, 0.2) is 0 Å². The van der Waals surface area contributed by atoms with Crippen molar-refractivity contribution in [2.45, 2.75) is 70.5 Å². The molecule has 19 heavy (non-hydrogen) atoms. The van der Waals surface area contributed by atoms with E-state index in [1.165, 1.54) is 31.4 Å². The third-order valence-corrected chi connectivity index (χ3v) is 5.28. The van der Waals surface area contributed by atoms with Gasteiger partial charge in [-0.15, -0.1) is 0 Å². The van der Waals surface area contributed by atoms with Gasteiger partial charge in [0.1, 0.15) is 0 Å². The van der Waals surface area contributed by atoms with E-state index in [2.05, 4.69) is 24.5 Å². The molecule has 2 saturated heterocycles. The maximum Gasteiger partial charge on any atom is 0.220 e. The second-order valence-corrected chi connectivity index (χ2v) is 7.53. The largest absolute Gasteiger partial charge is 0.354 e. The van der Waals surface area contributed by atoms with E-state index < -0.39 is 0 Å². The van der Waals surface area contributed by atoms with Crippen LogP contribution in [0.3, 0.4) is 0 Å². The van der Waals surface area contributed by atoms with Crippen LogP contribution < -0.4 is 10.6 Å². The summed E-state index contributed by atoms with van der Waals surface area (Å²) in [5.41, 5.74) is 0. The summed E-state index contributed by atoms with van der Waals surface area (Å²) in [4.78, 5) is 12.0. The van der Waals surface area contributed by atoms with Gasteiger partial charge in [-0.2, -0.15) is 11.8 Å². The summed E-state index contributed by atoms with van der Waals surface area (Å²) in [6.07, 6.45) is 6.84. The fraction of sp³-hybridized carbons (Fsp3) is 0.933. The minimum atomic E-state index is 0.264. The molecule has 0 spiro atoms. The highest BCUT2D eigenvalue weighted by Crippen LogP contribution is 2.32. The predicted molar refractivity (Wildman–Crippen MR) is 82.5 cm³/mol. The van der Waals surface area contributed by atoms with E-state index in [0.717, 1.165) is 18.6 Å². The molecule has 2 rings (SSSR count). The van der Waals surface area contributed by atoms with Crippen molar-refractivity contribution in [3.05, 3.63) is 0 Å². The Bertz CT molecular complexity index is 286. The summed E-state index contributed by atoms with van der Waals surface area (Å²) in [6.45, 7) is 4.31. The van der Waals surface area contributed by atoms with E-state index in [1.54, 1.807) is 0 Å². The standard InChI is InChI=1S/C15H28N2OS/c1-3-19-7-6-11(2)16-15(18)10-12-8-13-4-5-14(9-12)17-13/h11-14,17H,3-10H2,1-2H3,(H,16,18). The maximum absolute atomic E-state index is 12.0. The fourth-order valence-corrected chi connectivity index (χ4v) is 4.22. The van der Waals surface area contributed by atoms with Gasteiger partial charge >= 0.3 is 0 Å². The first kappa shape index (κ1) is 15.2. The first-order valence-electron chi connectivity index (χ1n) is 7.80. The molecule has 2 bridgehead atoms. The smallest absolute Gasteiger partial charge is 0.220 e. The second-order valence-electron chi connectivity index (χ2n) is 6.13. The molecule has 110 valence electrons. The van der Waals surface area contributed by atoms with Gasteiger partial charge in [-0.1, -0.05) is 6.92 Å². The van der Waals surface area contributed by atoms with Crippen LogP contribution in [0, 0.1) is 5.92 Å². The molecule has 4 heteroatoms. The molecule has 0 aromatic carbocycles. The average molecular weight is 284 g/mol. The van der Waals surface area contributed by atoms with E-state index in [4.69, 9.17) is 0 Å². The molecule has 3 nitrogen and oxygen atoms in total. The van der Waals surface area contributed by atoms with Gasteiger partial charge in [0.15, 0.2) is 0 Å². The summed E-state index contributed by atoms with van der Waals surface area (Å²) >= 11 is 1.95. The number of thioether (sulfide) groups is 1. The second kappa shape index (κ2) is 7.53. The zero-order chi connectivity index (χ0) is 13.7. The van der Waals surface area contributed by atoms with Crippen LogP contribution in [0.5, 0.6) is 0 Å². The highest BCUT2D eigenvalue weighted by atomic mass is 32.2. The van der Waals surface area contributed by atoms with Crippen molar-refractivity contribution in [2.75, 3.05) is 11.5 Å². The number of carbonyl (C=O) groups excluding carboxylic acids is 1. The van der Waals surface area contributed by atoms with Crippen LogP contribution in [0.25, 0.3) is 0 Å². The van der Waals surface area contributed by atoms with Crippen molar-refractivity contribution in [1.29, 1.82) is 0 Å². The number of hydrogen-bond acceptors (Lipinski definition) is 3. The van der Waals surface area contributed by atoms with Gasteiger partial charge in [0.05, 0.1) is 0 Å². The topological polar surface area (TPSA) is 41.1 Å². The maximum atomic E-state index is 12.0. The molecule has 2 aliphatic rings. The summed E-state index contributed by atoms with van der Waals surface area (Å²) in [5.74, 6) is 3.18. The first-order valence-corrected chi connectivity index (χ1v) is 8.96. The zero-order valence-electron chi connectivity index (χ0n) is 12.3. The molecule has 2 N–H and O–H groups in total. The molecule has 1 amide bonds. The normalized spacial score (nSPS) is 31.2. The third kappa shape index (κ3) is 4.99. The van der Waals surface area contributed by atoms with Crippen molar-refractivity contribution in [3.8, 4) is 0 Å². The minimum Gasteiger partial charge on any atom is -0.354 e. The Hall–Kier alpha value is -0.220. The Labute approximate surface area is 121 Å². The fourth-order valence-electron chi connectivity index (χ4n) is 3.41. The monoisotopic (exact) mass is 284 g/mol. The number of fused-ring (bicyclic) bond motifs is 2. The molecule has 2 fully saturated rings. The lowest BCUT2D eigenvalue weighted by Crippen LogP contribution is -2.40. The van der Waals surface area contributed by atoms with Gasteiger partial charge in [-0.3, -0.25) is 4.79 Å². The molecular weight excluding hydrogens is 256 g/mol. The van der Waals surface area contributed by atoms with Gasteiger partial charge < -0.3 is 10.6 Å². The molecule has 2 aliphatic heterocycles. The summed E-state index contributed by atoms with van der Waals surface area (Å²) < 4.78 is 0. The van der Waals surface area contributed by atoms with Crippen LogP contribution in [0.2, 0.25) is 0 Å². The van der Waals surface area contributed by atoms with Crippen LogP contribution in [-0.4, -0.2) is 35.5 Å². The Balaban J connectivity index is 1.63. The Morgan fingerprint density at radius 1 is 1.37 bits per heavy atom. The highest BCUT2D eigenvalue weighted by Gasteiger charge is 2.34. The van der Waals surface area contributed by atoms with E-state index in [9.17, 15) is 4.79 Å². The minimum absolute atomic E-state index is 0.264. The van der Waals surface area contributed by atoms with Crippen molar-refractivity contribution in [3.63, 3.8) is 0 Å². The molecule has 0 aliphatic carbocycles. The third-order valence-electron chi connectivity index (χ3n) is 4.35. The lowest BCUT2D eigenvalue weighted by atomic mass is 9.89. The number of hydrogen-bond donors (Lipinski definition) is 2. The summed E-state index contributed by atoms with van der Waals surface area (Å²) in [5, 5.41) is 6.80. The van der Waals surface area contributed by atoms with Crippen molar-refractivity contribution >= 4 is 17.7 Å². The molecule has 3 unspecified atom stereocenters. The van der Waals surface area contributed by atoms with Gasteiger partial charge in [-0.25, -0.2) is 0 Å². The van der Waals surface area contributed by atoms with Crippen LogP contribution in [0.4, 0.5) is 0 Å². The van der Waals surface area contributed by atoms with Crippen LogP contribution >= 0.6 is 11.8 Å². The Morgan fingerprint density at radius 2 is 2.05 bits per heavy atom. The van der Waals surface area contributed by atoms with E-state index in [-0.39, 0.29) is 5.91 Å². The van der Waals surface area contributed by atoms with Gasteiger partial charge in [0, 0.05) is 24.5 Å². The molecule has 0 radical (unpaired) electrons. The summed E-state index contributed by atoms with van der Waals surface area (Å²) in [7, 11) is 0. The van der Waals surface area contributed by atoms with Crippen molar-refractivity contribution in [2.24, 2.45) is 5.92 Å².